The number of carbonyl (C=O) groups is 3. The zero-order valence-electron chi connectivity index (χ0n) is 67.9. The lowest BCUT2D eigenvalue weighted by Gasteiger charge is -2.21. The molecule has 5 atom stereocenters. The van der Waals surface area contributed by atoms with Gasteiger partial charge in [0.05, 0.1) is 26.4 Å². The predicted molar refractivity (Wildman–Crippen MR) is 454 cm³/mol. The standard InChI is InChI=1S/C91H150O16P2/c1-4-7-10-13-16-19-22-25-28-31-33-35-37-39-41-42-44-46-47-49-51-54-56-59-62-65-68-71-74-77-89(94)101-80-86(92)81-103-108(97,98)104-82-87(93)83-105-109(99,100)106-85-88(107-91(96)79-76-73-70-67-64-61-58-53-30-27-24-21-18-15-12-9-6-3)84-102-90(95)78-75-72-69-66-63-60-57-55-52-50-48-45-43-40-38-36-34-32-29-26-23-20-17-14-11-8-5-2/h7-12,16-21,25-30,33-36,39-41,43,48,50,58,61,86-88,92-93H,4-6,13-15,22-24,31-32,37-38,42,44-47,49,51-57,59-60,62-85H2,1-3H3,(H,97,98)(H,99,100)/b10-7-,11-8-,12-9-,19-16-,20-17-,21-18-,28-25-,29-26-,30-27-,35-33-,36-34-,41-39-,43-40-,50-48-,61-58-. The van der Waals surface area contributed by atoms with Crippen molar-refractivity contribution in [1.29, 1.82) is 0 Å². The number of carbonyl (C=O) groups excluding carboxylic acids is 3. The molecule has 620 valence electrons. The zero-order valence-corrected chi connectivity index (χ0v) is 69.7. The maximum absolute atomic E-state index is 13.0. The van der Waals surface area contributed by atoms with E-state index in [0.717, 1.165) is 193 Å². The Labute approximate surface area is 662 Å². The van der Waals surface area contributed by atoms with Crippen molar-refractivity contribution < 1.29 is 75.8 Å². The van der Waals surface area contributed by atoms with Gasteiger partial charge >= 0.3 is 33.6 Å². The molecule has 0 aliphatic rings. The van der Waals surface area contributed by atoms with Gasteiger partial charge in [0.15, 0.2) is 6.10 Å². The van der Waals surface area contributed by atoms with Crippen LogP contribution in [0.2, 0.25) is 0 Å². The first-order valence-corrected chi connectivity index (χ1v) is 45.1. The fraction of sp³-hybridized carbons (Fsp3) is 0.637. The van der Waals surface area contributed by atoms with Crippen LogP contribution in [0, 0.1) is 0 Å². The number of allylic oxidation sites excluding steroid dienone is 30. The molecule has 0 aromatic carbocycles. The molecule has 16 nitrogen and oxygen atoms in total. The molecule has 0 amide bonds. The Morgan fingerprint density at radius 2 is 0.459 bits per heavy atom. The molecule has 0 rings (SSSR count). The fourth-order valence-corrected chi connectivity index (χ4v) is 12.4. The number of hydrogen-bond acceptors (Lipinski definition) is 14. The third kappa shape index (κ3) is 83.4. The molecule has 0 spiro atoms. The second kappa shape index (κ2) is 82.1. The molecule has 0 saturated heterocycles. The minimum absolute atomic E-state index is 0.0684. The molecule has 4 N–H and O–H groups in total. The quantitative estimate of drug-likeness (QED) is 0.0146. The van der Waals surface area contributed by atoms with Crippen molar-refractivity contribution in [1.82, 2.24) is 0 Å². The summed E-state index contributed by atoms with van der Waals surface area (Å²) in [6, 6.07) is 0. The first-order valence-electron chi connectivity index (χ1n) is 42.1. The summed E-state index contributed by atoms with van der Waals surface area (Å²) in [7, 11) is -9.82. The van der Waals surface area contributed by atoms with Gasteiger partial charge in [-0.25, -0.2) is 9.13 Å². The van der Waals surface area contributed by atoms with Crippen molar-refractivity contribution in [3.63, 3.8) is 0 Å². The molecule has 0 fully saturated rings. The summed E-state index contributed by atoms with van der Waals surface area (Å²) >= 11 is 0. The molecule has 0 bridgehead atoms. The van der Waals surface area contributed by atoms with Crippen molar-refractivity contribution in [2.75, 3.05) is 39.6 Å². The van der Waals surface area contributed by atoms with E-state index in [1.54, 1.807) is 0 Å². The van der Waals surface area contributed by atoms with E-state index in [1.807, 2.05) is 0 Å². The summed E-state index contributed by atoms with van der Waals surface area (Å²) in [5.74, 6) is -1.62. The molecule has 0 saturated carbocycles. The van der Waals surface area contributed by atoms with E-state index < -0.39 is 91.5 Å². The second-order valence-corrected chi connectivity index (χ2v) is 30.4. The average molecular weight is 1560 g/mol. The van der Waals surface area contributed by atoms with Gasteiger partial charge in [0.2, 0.25) is 0 Å². The van der Waals surface area contributed by atoms with Crippen LogP contribution < -0.4 is 0 Å². The van der Waals surface area contributed by atoms with E-state index in [4.69, 9.17) is 32.3 Å². The van der Waals surface area contributed by atoms with Crippen LogP contribution >= 0.6 is 15.6 Å². The van der Waals surface area contributed by atoms with Gasteiger partial charge in [-0.05, 0) is 154 Å². The van der Waals surface area contributed by atoms with Gasteiger partial charge in [0, 0.05) is 19.3 Å². The number of aliphatic hydroxyl groups is 2. The highest BCUT2D eigenvalue weighted by molar-refractivity contribution is 7.47. The smallest absolute Gasteiger partial charge is 0.463 e. The maximum atomic E-state index is 13.0. The van der Waals surface area contributed by atoms with Gasteiger partial charge in [-0.1, -0.05) is 325 Å². The number of ether oxygens (including phenoxy) is 3. The lowest BCUT2D eigenvalue weighted by molar-refractivity contribution is -0.161. The highest BCUT2D eigenvalue weighted by Gasteiger charge is 2.29. The molecule has 0 aliphatic heterocycles. The SMILES string of the molecule is CC/C=C\C/C=C\C/C=C\C/C=C\C/C=C\C/C=C\CCCCCCCCCCC(=O)OCC(COP(=O)(O)OCC(O)COP(=O)(O)OCC(O)COC(=O)CCCCCCCCCCCCCCC/C=C\C/C=C\C/C=C\C/C=C\C/C=C\CC)OC(=O)CCCCCC/C=C\C/C=C\C/C=C\C/C=C\CC. The summed E-state index contributed by atoms with van der Waals surface area (Å²) in [5, 5.41) is 20.7. The summed E-state index contributed by atoms with van der Waals surface area (Å²) in [4.78, 5) is 58.8. The van der Waals surface area contributed by atoms with E-state index in [1.165, 1.54) is 64.2 Å². The summed E-state index contributed by atoms with van der Waals surface area (Å²) in [6.45, 7) is 2.30. The van der Waals surface area contributed by atoms with Gasteiger partial charge in [-0.3, -0.25) is 32.5 Å². The Morgan fingerprint density at radius 3 is 0.725 bits per heavy atom. The highest BCUT2D eigenvalue weighted by Crippen LogP contribution is 2.45. The van der Waals surface area contributed by atoms with Crippen LogP contribution in [0.1, 0.15) is 316 Å². The predicted octanol–water partition coefficient (Wildman–Crippen LogP) is 25.3. The van der Waals surface area contributed by atoms with Gasteiger partial charge in [-0.15, -0.1) is 0 Å². The number of phosphoric ester groups is 2. The van der Waals surface area contributed by atoms with Gasteiger partial charge in [-0.2, -0.15) is 0 Å². The molecule has 0 aliphatic carbocycles. The van der Waals surface area contributed by atoms with E-state index in [2.05, 4.69) is 203 Å². The van der Waals surface area contributed by atoms with Crippen LogP contribution in [0.5, 0.6) is 0 Å². The van der Waals surface area contributed by atoms with E-state index in [-0.39, 0.29) is 19.3 Å². The molecule has 109 heavy (non-hydrogen) atoms. The normalized spacial score (nSPS) is 14.8. The Balaban J connectivity index is 4.61. The van der Waals surface area contributed by atoms with Gasteiger partial charge in [0.1, 0.15) is 25.4 Å². The average Bonchev–Trinajstić information content (AvgIpc) is 0.960. The van der Waals surface area contributed by atoms with Crippen molar-refractivity contribution in [3.05, 3.63) is 182 Å². The zero-order chi connectivity index (χ0) is 79.4. The molecular formula is C91H150O16P2. The number of phosphoric acid groups is 2. The summed E-state index contributed by atoms with van der Waals surface area (Å²) < 4.78 is 61.3. The molecule has 18 heteroatoms. The van der Waals surface area contributed by atoms with E-state index >= 15 is 0 Å². The van der Waals surface area contributed by atoms with Crippen molar-refractivity contribution in [2.45, 2.75) is 334 Å². The molecule has 0 heterocycles. The van der Waals surface area contributed by atoms with Crippen LogP contribution in [0.4, 0.5) is 0 Å². The Hall–Kier alpha value is -5.35. The monoisotopic (exact) mass is 1560 g/mol. The first kappa shape index (κ1) is 104. The third-order valence-electron chi connectivity index (χ3n) is 17.1. The summed E-state index contributed by atoms with van der Waals surface area (Å²) in [5.41, 5.74) is 0. The molecule has 5 unspecified atom stereocenters. The minimum Gasteiger partial charge on any atom is -0.463 e. The first-order chi connectivity index (χ1) is 53.2. The number of unbranched alkanes of at least 4 members (excludes halogenated alkanes) is 25. The fourth-order valence-electron chi connectivity index (χ4n) is 10.8. The van der Waals surface area contributed by atoms with Gasteiger partial charge in [0.25, 0.3) is 0 Å². The molecular weight excluding hydrogens is 1410 g/mol. The van der Waals surface area contributed by atoms with E-state index in [9.17, 15) is 43.5 Å². The number of rotatable bonds is 78. The Bertz CT molecular complexity index is 2710. The van der Waals surface area contributed by atoms with Crippen molar-refractivity contribution >= 4 is 33.6 Å². The van der Waals surface area contributed by atoms with Crippen molar-refractivity contribution in [2.24, 2.45) is 0 Å². The largest absolute Gasteiger partial charge is 0.472 e. The summed E-state index contributed by atoms with van der Waals surface area (Å²) in [6.07, 6.45) is 106. The third-order valence-corrected chi connectivity index (χ3v) is 19.0. The number of aliphatic hydroxyl groups excluding tert-OH is 2. The highest BCUT2D eigenvalue weighted by atomic mass is 31.2. The topological polar surface area (TPSA) is 231 Å². The lowest BCUT2D eigenvalue weighted by atomic mass is 10.0. The number of esters is 3. The van der Waals surface area contributed by atoms with Crippen LogP contribution in [-0.4, -0.2) is 95.9 Å². The second-order valence-electron chi connectivity index (χ2n) is 27.5. The Morgan fingerprint density at radius 1 is 0.257 bits per heavy atom. The Kier molecular flexibility index (Phi) is 78.1. The van der Waals surface area contributed by atoms with Crippen LogP contribution in [0.25, 0.3) is 0 Å². The van der Waals surface area contributed by atoms with Crippen LogP contribution in [-0.2, 0) is 55.8 Å². The van der Waals surface area contributed by atoms with Crippen LogP contribution in [0.15, 0.2) is 182 Å². The number of hydrogen-bond donors (Lipinski definition) is 4. The van der Waals surface area contributed by atoms with Gasteiger partial charge < -0.3 is 34.2 Å². The van der Waals surface area contributed by atoms with E-state index in [0.29, 0.717) is 19.3 Å². The van der Waals surface area contributed by atoms with Crippen molar-refractivity contribution in [3.8, 4) is 0 Å². The lowest BCUT2D eigenvalue weighted by Crippen LogP contribution is -2.30. The molecule has 0 radical (unpaired) electrons. The minimum atomic E-state index is -4.95. The molecule has 0 aromatic heterocycles. The maximum Gasteiger partial charge on any atom is 0.472 e. The van der Waals surface area contributed by atoms with Crippen LogP contribution in [0.3, 0.4) is 0 Å². The molecule has 0 aromatic rings.